The van der Waals surface area contributed by atoms with Gasteiger partial charge in [-0.1, -0.05) is 36.4 Å². The van der Waals surface area contributed by atoms with Gasteiger partial charge in [-0.05, 0) is 18.2 Å². The third-order valence-electron chi connectivity index (χ3n) is 2.54. The number of rotatable bonds is 4. The van der Waals surface area contributed by atoms with Crippen LogP contribution < -0.4 is 10.2 Å². The summed E-state index contributed by atoms with van der Waals surface area (Å²) in [6, 6.07) is 14.0. The Labute approximate surface area is 111 Å². The summed E-state index contributed by atoms with van der Waals surface area (Å²) in [7, 11) is -5.48. The highest BCUT2D eigenvalue weighted by Gasteiger charge is 2.20. The van der Waals surface area contributed by atoms with E-state index in [1.807, 2.05) is 0 Å². The van der Waals surface area contributed by atoms with E-state index < -0.39 is 17.1 Å². The predicted octanol–water partition coefficient (Wildman–Crippen LogP) is 0.167. The molecule has 0 saturated carbocycles. The Hall–Kier alpha value is -1.83. The fourth-order valence-corrected chi connectivity index (χ4v) is 2.73. The molecule has 98 valence electrons. The minimum absolute atomic E-state index is 0.0991. The van der Waals surface area contributed by atoms with Gasteiger partial charge in [0, 0.05) is 11.2 Å². The summed E-state index contributed by atoms with van der Waals surface area (Å²) in [4.78, 5) is 0.109. The van der Waals surface area contributed by atoms with Gasteiger partial charge in [-0.25, -0.2) is 8.42 Å². The fraction of sp³-hybridized carbons (Fsp3) is 0. The van der Waals surface area contributed by atoms with Crippen molar-refractivity contribution in [1.82, 2.24) is 0 Å². The van der Waals surface area contributed by atoms with E-state index in [-0.39, 0.29) is 16.0 Å². The summed E-state index contributed by atoms with van der Waals surface area (Å²) in [6.07, 6.45) is 0. The van der Waals surface area contributed by atoms with E-state index in [9.17, 15) is 18.5 Å². The Kier molecular flexibility index (Phi) is 3.89. The molecular formula is C12H12BNO4S. The lowest BCUT2D eigenvalue weighted by molar-refractivity contribution is 0.426. The average molecular weight is 277 g/mol. The lowest BCUT2D eigenvalue weighted by Crippen LogP contribution is -2.33. The first-order valence-corrected chi connectivity index (χ1v) is 7.02. The van der Waals surface area contributed by atoms with Gasteiger partial charge in [-0.2, -0.15) is 0 Å². The summed E-state index contributed by atoms with van der Waals surface area (Å²) >= 11 is 0. The van der Waals surface area contributed by atoms with E-state index in [4.69, 9.17) is 0 Å². The summed E-state index contributed by atoms with van der Waals surface area (Å²) < 4.78 is 26.5. The van der Waals surface area contributed by atoms with Crippen LogP contribution in [-0.4, -0.2) is 25.6 Å². The SMILES string of the molecule is O=S(=O)(Nc1ccccc1B(O)O)c1ccccc1. The summed E-state index contributed by atoms with van der Waals surface area (Å²) in [6.45, 7) is 0. The van der Waals surface area contributed by atoms with Crippen LogP contribution in [0.3, 0.4) is 0 Å². The number of benzene rings is 2. The molecule has 19 heavy (non-hydrogen) atoms. The molecule has 0 heterocycles. The van der Waals surface area contributed by atoms with Crippen molar-refractivity contribution in [3.63, 3.8) is 0 Å². The topological polar surface area (TPSA) is 86.6 Å². The Morgan fingerprint density at radius 1 is 0.895 bits per heavy atom. The first-order chi connectivity index (χ1) is 9.00. The largest absolute Gasteiger partial charge is 0.490 e. The molecule has 7 heteroatoms. The van der Waals surface area contributed by atoms with Crippen LogP contribution in [0, 0.1) is 0 Å². The third kappa shape index (κ3) is 3.14. The van der Waals surface area contributed by atoms with Gasteiger partial charge >= 0.3 is 7.12 Å². The first-order valence-electron chi connectivity index (χ1n) is 5.53. The predicted molar refractivity (Wildman–Crippen MR) is 73.5 cm³/mol. The van der Waals surface area contributed by atoms with Crippen LogP contribution in [0.15, 0.2) is 59.5 Å². The molecule has 2 aromatic carbocycles. The highest BCUT2D eigenvalue weighted by Crippen LogP contribution is 2.14. The lowest BCUT2D eigenvalue weighted by Gasteiger charge is -2.11. The molecule has 2 aromatic rings. The van der Waals surface area contributed by atoms with Crippen LogP contribution in [0.1, 0.15) is 0 Å². The van der Waals surface area contributed by atoms with E-state index in [0.717, 1.165) is 0 Å². The zero-order valence-corrected chi connectivity index (χ0v) is 10.7. The average Bonchev–Trinajstić information content (AvgIpc) is 2.39. The quantitative estimate of drug-likeness (QED) is 0.695. The molecule has 0 bridgehead atoms. The Morgan fingerprint density at radius 3 is 2.11 bits per heavy atom. The van der Waals surface area contributed by atoms with Crippen LogP contribution in [0.2, 0.25) is 0 Å². The fourth-order valence-electron chi connectivity index (χ4n) is 1.62. The molecule has 0 radical (unpaired) electrons. The highest BCUT2D eigenvalue weighted by atomic mass is 32.2. The van der Waals surface area contributed by atoms with Crippen LogP contribution in [0.4, 0.5) is 5.69 Å². The van der Waals surface area contributed by atoms with Crippen molar-refractivity contribution < 1.29 is 18.5 Å². The number of para-hydroxylation sites is 1. The van der Waals surface area contributed by atoms with Gasteiger partial charge in [0.05, 0.1) is 4.90 Å². The van der Waals surface area contributed by atoms with Gasteiger partial charge in [-0.15, -0.1) is 0 Å². The van der Waals surface area contributed by atoms with Crippen LogP contribution >= 0.6 is 0 Å². The summed E-state index contributed by atoms with van der Waals surface area (Å²) in [5.41, 5.74) is 0.239. The number of hydrogen-bond donors (Lipinski definition) is 3. The molecule has 2 rings (SSSR count). The molecule has 0 atom stereocenters. The summed E-state index contributed by atoms with van der Waals surface area (Å²) in [5.74, 6) is 0. The maximum Gasteiger partial charge on any atom is 0.490 e. The van der Waals surface area contributed by atoms with Crippen LogP contribution in [0.25, 0.3) is 0 Å². The van der Waals surface area contributed by atoms with E-state index >= 15 is 0 Å². The zero-order chi connectivity index (χ0) is 13.9. The van der Waals surface area contributed by atoms with Gasteiger partial charge in [0.15, 0.2) is 0 Å². The van der Waals surface area contributed by atoms with E-state index in [2.05, 4.69) is 4.72 Å². The molecule has 0 amide bonds. The number of anilines is 1. The van der Waals surface area contributed by atoms with Gasteiger partial charge in [0.25, 0.3) is 10.0 Å². The van der Waals surface area contributed by atoms with Gasteiger partial charge in [-0.3, -0.25) is 4.72 Å². The Balaban J connectivity index is 2.37. The van der Waals surface area contributed by atoms with Gasteiger partial charge in [0.2, 0.25) is 0 Å². The van der Waals surface area contributed by atoms with Crippen LogP contribution in [0.5, 0.6) is 0 Å². The Morgan fingerprint density at radius 2 is 1.47 bits per heavy atom. The number of nitrogens with one attached hydrogen (secondary N) is 1. The number of sulfonamides is 1. The standard InChI is InChI=1S/C12H12BNO4S/c15-13(16)11-8-4-5-9-12(11)14-19(17,18)10-6-2-1-3-7-10/h1-9,14-16H. The molecule has 3 N–H and O–H groups in total. The van der Waals surface area contributed by atoms with Crippen molar-refractivity contribution >= 4 is 28.3 Å². The smallest absolute Gasteiger partial charge is 0.423 e. The van der Waals surface area contributed by atoms with Gasteiger partial charge in [0.1, 0.15) is 0 Å². The molecule has 0 saturated heterocycles. The molecular weight excluding hydrogens is 265 g/mol. The Bertz CT molecular complexity index is 658. The maximum atomic E-state index is 12.1. The van der Waals surface area contributed by atoms with Crippen molar-refractivity contribution in [3.8, 4) is 0 Å². The second-order valence-corrected chi connectivity index (χ2v) is 5.56. The zero-order valence-electron chi connectivity index (χ0n) is 9.89. The van der Waals surface area contributed by atoms with Crippen molar-refractivity contribution in [2.75, 3.05) is 4.72 Å². The van der Waals surface area contributed by atoms with Crippen molar-refractivity contribution in [3.05, 3.63) is 54.6 Å². The molecule has 5 nitrogen and oxygen atoms in total. The van der Waals surface area contributed by atoms with E-state index in [0.29, 0.717) is 0 Å². The normalized spacial score (nSPS) is 11.1. The highest BCUT2D eigenvalue weighted by molar-refractivity contribution is 7.92. The van der Waals surface area contributed by atoms with E-state index in [1.54, 1.807) is 30.3 Å². The van der Waals surface area contributed by atoms with Crippen molar-refractivity contribution in [2.45, 2.75) is 4.90 Å². The second-order valence-electron chi connectivity index (χ2n) is 3.88. The molecule has 0 aliphatic carbocycles. The molecule has 0 aromatic heterocycles. The molecule has 0 fully saturated rings. The van der Waals surface area contributed by atoms with Crippen LogP contribution in [-0.2, 0) is 10.0 Å². The number of hydrogen-bond acceptors (Lipinski definition) is 4. The van der Waals surface area contributed by atoms with Crippen molar-refractivity contribution in [1.29, 1.82) is 0 Å². The molecule has 0 aliphatic heterocycles. The molecule has 0 unspecified atom stereocenters. The minimum Gasteiger partial charge on any atom is -0.423 e. The first kappa shape index (κ1) is 13.6. The molecule has 0 aliphatic rings. The third-order valence-corrected chi connectivity index (χ3v) is 3.92. The monoisotopic (exact) mass is 277 g/mol. The summed E-state index contributed by atoms with van der Waals surface area (Å²) in [5, 5.41) is 18.4. The second kappa shape index (κ2) is 5.44. The minimum atomic E-state index is -3.74. The maximum absolute atomic E-state index is 12.1. The van der Waals surface area contributed by atoms with E-state index in [1.165, 1.54) is 24.3 Å². The van der Waals surface area contributed by atoms with Crippen molar-refractivity contribution in [2.24, 2.45) is 0 Å². The lowest BCUT2D eigenvalue weighted by atomic mass is 9.79. The molecule has 0 spiro atoms. The van der Waals surface area contributed by atoms with Gasteiger partial charge < -0.3 is 10.0 Å².